The molecule has 0 saturated heterocycles. The van der Waals surface area contributed by atoms with Crippen LogP contribution in [0.25, 0.3) is 0 Å². The van der Waals surface area contributed by atoms with Gasteiger partial charge in [-0.2, -0.15) is 0 Å². The molecule has 21 heavy (non-hydrogen) atoms. The van der Waals surface area contributed by atoms with E-state index in [1.807, 2.05) is 56.3 Å². The standard InChI is InChI=1S/C17H20ClFN2/c1-12(20-2)17-15(19)8-5-9-16(17)21(3)11-13-6-4-7-14(18)10-13/h4-10,12,20H,11H2,1-3H3. The number of benzene rings is 2. The summed E-state index contributed by atoms with van der Waals surface area (Å²) >= 11 is 6.02. The number of halogens is 2. The van der Waals surface area contributed by atoms with E-state index in [0.29, 0.717) is 17.1 Å². The van der Waals surface area contributed by atoms with Crippen LogP contribution in [0, 0.1) is 5.82 Å². The van der Waals surface area contributed by atoms with Crippen molar-refractivity contribution >= 4 is 17.3 Å². The molecule has 0 radical (unpaired) electrons. The van der Waals surface area contributed by atoms with Crippen LogP contribution in [0.1, 0.15) is 24.1 Å². The lowest BCUT2D eigenvalue weighted by molar-refractivity contribution is 0.560. The molecule has 1 N–H and O–H groups in total. The van der Waals surface area contributed by atoms with E-state index in [1.54, 1.807) is 6.07 Å². The summed E-state index contributed by atoms with van der Waals surface area (Å²) in [5.74, 6) is -0.188. The minimum Gasteiger partial charge on any atom is -0.370 e. The van der Waals surface area contributed by atoms with Crippen molar-refractivity contribution in [2.75, 3.05) is 19.0 Å². The monoisotopic (exact) mass is 306 g/mol. The second kappa shape index (κ2) is 6.92. The van der Waals surface area contributed by atoms with Gasteiger partial charge in [-0.15, -0.1) is 0 Å². The van der Waals surface area contributed by atoms with Gasteiger partial charge in [-0.25, -0.2) is 4.39 Å². The maximum Gasteiger partial charge on any atom is 0.130 e. The number of hydrogen-bond donors (Lipinski definition) is 1. The van der Waals surface area contributed by atoms with Crippen LogP contribution in [-0.2, 0) is 6.54 Å². The highest BCUT2D eigenvalue weighted by atomic mass is 35.5. The summed E-state index contributed by atoms with van der Waals surface area (Å²) in [6, 6.07) is 12.8. The van der Waals surface area contributed by atoms with Crippen LogP contribution in [-0.4, -0.2) is 14.1 Å². The molecule has 0 heterocycles. The van der Waals surface area contributed by atoms with Crippen LogP contribution >= 0.6 is 11.6 Å². The summed E-state index contributed by atoms with van der Waals surface area (Å²) in [5, 5.41) is 3.81. The van der Waals surface area contributed by atoms with Gasteiger partial charge in [0, 0.05) is 35.9 Å². The molecule has 1 atom stereocenters. The SMILES string of the molecule is CNC(C)c1c(F)cccc1N(C)Cc1cccc(Cl)c1. The molecule has 1 unspecified atom stereocenters. The Kier molecular flexibility index (Phi) is 5.21. The Bertz CT molecular complexity index is 615. The quantitative estimate of drug-likeness (QED) is 0.881. The third-order valence-corrected chi connectivity index (χ3v) is 3.85. The highest BCUT2D eigenvalue weighted by molar-refractivity contribution is 6.30. The van der Waals surface area contributed by atoms with E-state index in [1.165, 1.54) is 6.07 Å². The highest BCUT2D eigenvalue weighted by Gasteiger charge is 2.17. The first-order valence-corrected chi connectivity index (χ1v) is 7.32. The van der Waals surface area contributed by atoms with Crippen LogP contribution in [0.2, 0.25) is 5.02 Å². The molecule has 0 saturated carbocycles. The van der Waals surface area contributed by atoms with Crippen LogP contribution < -0.4 is 10.2 Å². The topological polar surface area (TPSA) is 15.3 Å². The molecule has 0 fully saturated rings. The van der Waals surface area contributed by atoms with Crippen molar-refractivity contribution in [3.63, 3.8) is 0 Å². The Labute approximate surface area is 130 Å². The van der Waals surface area contributed by atoms with Crippen molar-refractivity contribution in [1.82, 2.24) is 5.32 Å². The van der Waals surface area contributed by atoms with E-state index >= 15 is 0 Å². The normalized spacial score (nSPS) is 12.2. The van der Waals surface area contributed by atoms with Gasteiger partial charge in [0.1, 0.15) is 5.82 Å². The highest BCUT2D eigenvalue weighted by Crippen LogP contribution is 2.29. The summed E-state index contributed by atoms with van der Waals surface area (Å²) in [7, 11) is 3.79. The molecule has 0 bridgehead atoms. The van der Waals surface area contributed by atoms with Crippen LogP contribution in [0.5, 0.6) is 0 Å². The number of rotatable bonds is 5. The predicted molar refractivity (Wildman–Crippen MR) is 87.4 cm³/mol. The Morgan fingerprint density at radius 2 is 1.95 bits per heavy atom. The van der Waals surface area contributed by atoms with Gasteiger partial charge >= 0.3 is 0 Å². The van der Waals surface area contributed by atoms with Gasteiger partial charge in [0.25, 0.3) is 0 Å². The number of nitrogens with zero attached hydrogens (tertiary/aromatic N) is 1. The van der Waals surface area contributed by atoms with E-state index in [9.17, 15) is 4.39 Å². The second-order valence-electron chi connectivity index (χ2n) is 5.17. The third kappa shape index (κ3) is 3.74. The fourth-order valence-electron chi connectivity index (χ4n) is 2.43. The molecule has 2 aromatic carbocycles. The lowest BCUT2D eigenvalue weighted by atomic mass is 10.0. The Morgan fingerprint density at radius 1 is 1.24 bits per heavy atom. The molecule has 0 aliphatic carbocycles. The number of anilines is 1. The maximum atomic E-state index is 14.2. The van der Waals surface area contributed by atoms with E-state index in [4.69, 9.17) is 11.6 Å². The summed E-state index contributed by atoms with van der Waals surface area (Å²) in [6.07, 6.45) is 0. The predicted octanol–water partition coefficient (Wildman–Crippen LogP) is 4.40. The van der Waals surface area contributed by atoms with E-state index in [0.717, 1.165) is 11.3 Å². The first kappa shape index (κ1) is 15.8. The molecule has 112 valence electrons. The summed E-state index contributed by atoms with van der Waals surface area (Å²) in [4.78, 5) is 2.04. The van der Waals surface area contributed by atoms with Gasteiger partial charge in [-0.3, -0.25) is 0 Å². The number of nitrogens with one attached hydrogen (secondary N) is 1. The molecule has 0 amide bonds. The van der Waals surface area contributed by atoms with Gasteiger partial charge in [-0.05, 0) is 43.8 Å². The van der Waals surface area contributed by atoms with E-state index < -0.39 is 0 Å². The minimum absolute atomic E-state index is 0.0528. The van der Waals surface area contributed by atoms with Crippen molar-refractivity contribution in [2.24, 2.45) is 0 Å². The van der Waals surface area contributed by atoms with Crippen LogP contribution in [0.3, 0.4) is 0 Å². The summed E-state index contributed by atoms with van der Waals surface area (Å²) in [5.41, 5.74) is 2.67. The zero-order valence-corrected chi connectivity index (χ0v) is 13.3. The van der Waals surface area contributed by atoms with Gasteiger partial charge in [0.05, 0.1) is 0 Å². The second-order valence-corrected chi connectivity index (χ2v) is 5.61. The molecule has 2 aromatic rings. The molecular formula is C17H20ClFN2. The molecule has 0 aliphatic rings. The maximum absolute atomic E-state index is 14.2. The van der Waals surface area contributed by atoms with E-state index in [2.05, 4.69) is 5.32 Å². The van der Waals surface area contributed by atoms with Gasteiger partial charge in [0.15, 0.2) is 0 Å². The van der Waals surface area contributed by atoms with Crippen molar-refractivity contribution in [2.45, 2.75) is 19.5 Å². The molecule has 0 aliphatic heterocycles. The average Bonchev–Trinajstić information content (AvgIpc) is 2.46. The summed E-state index contributed by atoms with van der Waals surface area (Å²) in [6.45, 7) is 2.63. The van der Waals surface area contributed by atoms with Crippen LogP contribution in [0.4, 0.5) is 10.1 Å². The van der Waals surface area contributed by atoms with Gasteiger partial charge in [0.2, 0.25) is 0 Å². The molecular weight excluding hydrogens is 287 g/mol. The molecule has 4 heteroatoms. The number of hydrogen-bond acceptors (Lipinski definition) is 2. The minimum atomic E-state index is -0.188. The Morgan fingerprint density at radius 3 is 2.62 bits per heavy atom. The molecule has 0 spiro atoms. The average molecular weight is 307 g/mol. The molecule has 0 aromatic heterocycles. The van der Waals surface area contributed by atoms with Crippen molar-refractivity contribution in [1.29, 1.82) is 0 Å². The summed E-state index contributed by atoms with van der Waals surface area (Å²) < 4.78 is 14.2. The zero-order valence-electron chi connectivity index (χ0n) is 12.5. The first-order chi connectivity index (χ1) is 10.0. The van der Waals surface area contributed by atoms with Crippen molar-refractivity contribution in [3.05, 3.63) is 64.4 Å². The smallest absolute Gasteiger partial charge is 0.130 e. The van der Waals surface area contributed by atoms with Crippen LogP contribution in [0.15, 0.2) is 42.5 Å². The lowest BCUT2D eigenvalue weighted by Gasteiger charge is -2.25. The first-order valence-electron chi connectivity index (χ1n) is 6.94. The van der Waals surface area contributed by atoms with E-state index in [-0.39, 0.29) is 11.9 Å². The molecule has 2 nitrogen and oxygen atoms in total. The fraction of sp³-hybridized carbons (Fsp3) is 0.294. The fourth-order valence-corrected chi connectivity index (χ4v) is 2.64. The lowest BCUT2D eigenvalue weighted by Crippen LogP contribution is -2.22. The largest absolute Gasteiger partial charge is 0.370 e. The van der Waals surface area contributed by atoms with Crippen molar-refractivity contribution in [3.8, 4) is 0 Å². The third-order valence-electron chi connectivity index (χ3n) is 3.62. The molecule has 2 rings (SSSR count). The van der Waals surface area contributed by atoms with Gasteiger partial charge in [-0.1, -0.05) is 29.8 Å². The Hall–Kier alpha value is -1.58. The zero-order chi connectivity index (χ0) is 15.4. The Balaban J connectivity index is 2.31. The van der Waals surface area contributed by atoms with Crippen molar-refractivity contribution < 1.29 is 4.39 Å². The van der Waals surface area contributed by atoms with Gasteiger partial charge < -0.3 is 10.2 Å².